The number of hydrogen-bond donors (Lipinski definition) is 1. The maximum atomic E-state index is 5.95. The quantitative estimate of drug-likeness (QED) is 0.630. The minimum absolute atomic E-state index is 0.594. The highest BCUT2D eigenvalue weighted by Crippen LogP contribution is 2.35. The van der Waals surface area contributed by atoms with Crippen LogP contribution in [-0.4, -0.2) is 44.7 Å². The molecule has 0 fully saturated rings. The van der Waals surface area contributed by atoms with Gasteiger partial charge in [-0.3, -0.25) is 9.98 Å². The highest BCUT2D eigenvalue weighted by Gasteiger charge is 2.21. The van der Waals surface area contributed by atoms with Crippen LogP contribution in [0.2, 0.25) is 0 Å². The fourth-order valence-corrected chi connectivity index (χ4v) is 3.78. The van der Waals surface area contributed by atoms with Crippen LogP contribution in [0, 0.1) is 6.92 Å². The number of fused-ring (bicyclic) bond motifs is 3. The molecule has 1 aliphatic carbocycles. The Balaban J connectivity index is 2.21. The second-order valence-electron chi connectivity index (χ2n) is 6.85. The van der Waals surface area contributed by atoms with E-state index in [1.807, 2.05) is 19.5 Å². The first-order valence-corrected chi connectivity index (χ1v) is 9.49. The van der Waals surface area contributed by atoms with Crippen LogP contribution in [-0.2, 0) is 17.6 Å². The molecule has 0 amide bonds. The number of benzene rings is 1. The summed E-state index contributed by atoms with van der Waals surface area (Å²) in [5, 5.41) is 1.24. The zero-order chi connectivity index (χ0) is 19.2. The number of hydrogen-bond acceptors (Lipinski definition) is 5. The van der Waals surface area contributed by atoms with Gasteiger partial charge in [0, 0.05) is 49.3 Å². The number of pyridine rings is 1. The van der Waals surface area contributed by atoms with E-state index in [2.05, 4.69) is 29.0 Å². The summed E-state index contributed by atoms with van der Waals surface area (Å²) in [6.07, 6.45) is 9.86. The van der Waals surface area contributed by atoms with E-state index in [0.717, 1.165) is 29.6 Å². The summed E-state index contributed by atoms with van der Waals surface area (Å²) in [6, 6.07) is 4.22. The summed E-state index contributed by atoms with van der Waals surface area (Å²) in [5.41, 5.74) is 13.9. The van der Waals surface area contributed by atoms with Gasteiger partial charge in [0.2, 0.25) is 0 Å². The molecule has 0 radical (unpaired) electrons. The van der Waals surface area contributed by atoms with Gasteiger partial charge in [-0.2, -0.15) is 0 Å². The lowest BCUT2D eigenvalue weighted by Gasteiger charge is -2.23. The van der Waals surface area contributed by atoms with Gasteiger partial charge in [-0.15, -0.1) is 0 Å². The van der Waals surface area contributed by atoms with Crippen LogP contribution in [0.25, 0.3) is 16.5 Å². The highest BCUT2D eigenvalue weighted by atomic mass is 16.5. The van der Waals surface area contributed by atoms with Crippen LogP contribution in [0.5, 0.6) is 0 Å². The van der Waals surface area contributed by atoms with E-state index < -0.39 is 0 Å². The predicted molar refractivity (Wildman–Crippen MR) is 114 cm³/mol. The van der Waals surface area contributed by atoms with Gasteiger partial charge in [-0.05, 0) is 55.4 Å². The number of aliphatic imine (C=N–C) groups is 2. The number of aryl methyl sites for hydroxylation is 2. The van der Waals surface area contributed by atoms with Crippen molar-refractivity contribution in [2.24, 2.45) is 15.7 Å². The molecule has 27 heavy (non-hydrogen) atoms. The molecule has 0 saturated carbocycles. The third kappa shape index (κ3) is 3.93. The number of allylic oxidation sites excluding steroid dienone is 1. The smallest absolute Gasteiger partial charge is 0.0774 e. The Bertz CT molecular complexity index is 912. The van der Waals surface area contributed by atoms with Gasteiger partial charge in [0.15, 0.2) is 0 Å². The molecule has 0 unspecified atom stereocenters. The lowest BCUT2D eigenvalue weighted by Crippen LogP contribution is -2.12. The fraction of sp³-hybridized carbons (Fsp3) is 0.409. The number of nitrogens with zero attached hydrogens (tertiary/aromatic N) is 3. The molecule has 1 aliphatic rings. The van der Waals surface area contributed by atoms with Crippen molar-refractivity contribution in [2.75, 3.05) is 27.3 Å². The maximum absolute atomic E-state index is 5.95. The van der Waals surface area contributed by atoms with E-state index in [1.165, 1.54) is 40.5 Å². The molecule has 142 valence electrons. The van der Waals surface area contributed by atoms with Gasteiger partial charge in [0.1, 0.15) is 0 Å². The zero-order valence-corrected chi connectivity index (χ0v) is 16.5. The summed E-state index contributed by atoms with van der Waals surface area (Å²) in [4.78, 5) is 13.7. The third-order valence-corrected chi connectivity index (χ3v) is 5.10. The second-order valence-corrected chi connectivity index (χ2v) is 6.85. The Morgan fingerprint density at radius 2 is 2.04 bits per heavy atom. The maximum Gasteiger partial charge on any atom is 0.0774 e. The van der Waals surface area contributed by atoms with Crippen LogP contribution in [0.1, 0.15) is 40.8 Å². The Hall–Kier alpha value is -2.53. The molecule has 0 saturated heterocycles. The summed E-state index contributed by atoms with van der Waals surface area (Å²) in [5.74, 6) is 0. The molecule has 1 aromatic heterocycles. The number of methoxy groups -OCH3 is 1. The van der Waals surface area contributed by atoms with Crippen LogP contribution in [0.4, 0.5) is 0 Å². The Morgan fingerprint density at radius 3 is 2.74 bits per heavy atom. The molecule has 2 aromatic rings. The van der Waals surface area contributed by atoms with E-state index in [9.17, 15) is 0 Å². The molecule has 2 N–H and O–H groups in total. The van der Waals surface area contributed by atoms with Gasteiger partial charge in [-0.25, -0.2) is 4.98 Å². The second kappa shape index (κ2) is 8.91. The number of aromatic nitrogens is 1. The molecule has 0 bridgehead atoms. The van der Waals surface area contributed by atoms with Gasteiger partial charge < -0.3 is 10.5 Å². The Morgan fingerprint density at radius 1 is 1.26 bits per heavy atom. The molecule has 5 nitrogen and oxygen atoms in total. The lowest BCUT2D eigenvalue weighted by atomic mass is 9.84. The van der Waals surface area contributed by atoms with Crippen molar-refractivity contribution >= 4 is 28.9 Å². The third-order valence-electron chi connectivity index (χ3n) is 5.10. The van der Waals surface area contributed by atoms with Crippen molar-refractivity contribution in [3.8, 4) is 0 Å². The first-order valence-electron chi connectivity index (χ1n) is 9.49. The predicted octanol–water partition coefficient (Wildman–Crippen LogP) is 3.49. The van der Waals surface area contributed by atoms with Crippen LogP contribution >= 0.6 is 0 Å². The lowest BCUT2D eigenvalue weighted by molar-refractivity contribution is 0.208. The number of nitrogens with two attached hydrogens (primary N) is 1. The van der Waals surface area contributed by atoms with E-state index in [4.69, 9.17) is 15.5 Å². The van der Waals surface area contributed by atoms with Crippen LogP contribution in [0.15, 0.2) is 28.3 Å². The summed E-state index contributed by atoms with van der Waals surface area (Å²) >= 11 is 0. The number of ether oxygens (including phenoxy) is 1. The molecule has 5 heteroatoms. The largest absolute Gasteiger partial charge is 0.404 e. The Labute approximate surface area is 161 Å². The van der Waals surface area contributed by atoms with Crippen LogP contribution < -0.4 is 5.73 Å². The first-order chi connectivity index (χ1) is 13.2. The molecule has 1 aromatic carbocycles. The van der Waals surface area contributed by atoms with E-state index in [0.29, 0.717) is 13.2 Å². The monoisotopic (exact) mass is 364 g/mol. The van der Waals surface area contributed by atoms with Gasteiger partial charge >= 0.3 is 0 Å². The molecular weight excluding hydrogens is 336 g/mol. The van der Waals surface area contributed by atoms with E-state index >= 15 is 0 Å². The molecule has 0 atom stereocenters. The zero-order valence-electron chi connectivity index (χ0n) is 16.5. The molecule has 0 spiro atoms. The first kappa shape index (κ1) is 19.2. The van der Waals surface area contributed by atoms with Crippen molar-refractivity contribution in [3.05, 3.63) is 46.3 Å². The standard InChI is InChI=1S/C22H28N4O/c1-15-8-9-20-21(19(15)14-24-2)17-6-4-5-7-18(17)22(26-20)16(12-23)13-25-10-11-27-3/h8-9,12-14H,4-7,10-11,23H2,1-3H3/b16-12+,24-14?,25-13?. The van der Waals surface area contributed by atoms with Crippen molar-refractivity contribution in [3.63, 3.8) is 0 Å². The van der Waals surface area contributed by atoms with Crippen molar-refractivity contribution in [1.29, 1.82) is 0 Å². The fourth-order valence-electron chi connectivity index (χ4n) is 3.78. The van der Waals surface area contributed by atoms with Crippen molar-refractivity contribution in [1.82, 2.24) is 4.98 Å². The summed E-state index contributed by atoms with van der Waals surface area (Å²) in [6.45, 7) is 3.34. The van der Waals surface area contributed by atoms with Gasteiger partial charge in [0.25, 0.3) is 0 Å². The minimum atomic E-state index is 0.594. The molecule has 3 rings (SSSR count). The average molecular weight is 364 g/mol. The Kier molecular flexibility index (Phi) is 6.35. The summed E-state index contributed by atoms with van der Waals surface area (Å²) in [7, 11) is 3.49. The molecule has 0 aliphatic heterocycles. The minimum Gasteiger partial charge on any atom is -0.404 e. The van der Waals surface area contributed by atoms with Gasteiger partial charge in [0.05, 0.1) is 24.4 Å². The van der Waals surface area contributed by atoms with Crippen molar-refractivity contribution < 1.29 is 4.74 Å². The average Bonchev–Trinajstić information content (AvgIpc) is 2.70. The van der Waals surface area contributed by atoms with Gasteiger partial charge in [-0.1, -0.05) is 6.07 Å². The van der Waals surface area contributed by atoms with E-state index in [1.54, 1.807) is 13.3 Å². The normalized spacial score (nSPS) is 15.1. The molecular formula is C22H28N4O. The molecule has 1 heterocycles. The van der Waals surface area contributed by atoms with E-state index in [-0.39, 0.29) is 0 Å². The SMILES string of the molecule is CN=Cc1c(C)ccc2nc(/C(C=NCCOC)=C/N)c3c(c12)CCCC3. The van der Waals surface area contributed by atoms with Crippen molar-refractivity contribution in [2.45, 2.75) is 32.6 Å². The topological polar surface area (TPSA) is 72.9 Å². The highest BCUT2D eigenvalue weighted by molar-refractivity contribution is 6.11. The number of rotatable bonds is 6. The summed E-state index contributed by atoms with van der Waals surface area (Å²) < 4.78 is 5.07. The van der Waals surface area contributed by atoms with Crippen LogP contribution in [0.3, 0.4) is 0 Å².